The van der Waals surface area contributed by atoms with Crippen molar-refractivity contribution in [2.45, 2.75) is 65.6 Å². The summed E-state index contributed by atoms with van der Waals surface area (Å²) >= 11 is 1.84. The minimum Gasteiger partial charge on any atom is -0.377 e. The predicted molar refractivity (Wildman–Crippen MR) is 90.4 cm³/mol. The molecule has 0 aliphatic carbocycles. The van der Waals surface area contributed by atoms with E-state index in [1.165, 1.54) is 10.6 Å². The molecule has 0 bridgehead atoms. The molecule has 0 atom stereocenters. The molecule has 1 N–H and O–H groups in total. The van der Waals surface area contributed by atoms with Gasteiger partial charge in [0.15, 0.2) is 5.13 Å². The molecule has 21 heavy (non-hydrogen) atoms. The Bertz CT molecular complexity index is 468. The van der Waals surface area contributed by atoms with Gasteiger partial charge in [-0.05, 0) is 19.8 Å². The van der Waals surface area contributed by atoms with Crippen LogP contribution in [0.4, 0.5) is 5.13 Å². The smallest absolute Gasteiger partial charge is 0.186 e. The van der Waals surface area contributed by atoms with Crippen molar-refractivity contribution in [3.05, 3.63) is 10.6 Å². The van der Waals surface area contributed by atoms with Gasteiger partial charge >= 0.3 is 0 Å². The maximum absolute atomic E-state index is 5.62. The van der Waals surface area contributed by atoms with Crippen molar-refractivity contribution in [1.29, 1.82) is 0 Å². The van der Waals surface area contributed by atoms with E-state index in [9.17, 15) is 0 Å². The van der Waals surface area contributed by atoms with Crippen LogP contribution in [0.3, 0.4) is 0 Å². The van der Waals surface area contributed by atoms with Gasteiger partial charge in [-0.25, -0.2) is 4.98 Å². The van der Waals surface area contributed by atoms with Crippen molar-refractivity contribution in [2.24, 2.45) is 0 Å². The fraction of sp³-hybridized carbons (Fsp3) is 0.812. The average Bonchev–Trinajstić information content (AvgIpc) is 2.79. The number of ether oxygens (including phenoxy) is 1. The number of rotatable bonds is 5. The van der Waals surface area contributed by atoms with Crippen LogP contribution in [0.5, 0.6) is 0 Å². The van der Waals surface area contributed by atoms with Crippen LogP contribution < -0.4 is 10.2 Å². The zero-order chi connectivity index (χ0) is 15.6. The van der Waals surface area contributed by atoms with Crippen LogP contribution in [0, 0.1) is 0 Å². The SMILES string of the molecule is CC(C)NCc1sc(N2CCOCC2(C)C)nc1C(C)C. The maximum atomic E-state index is 5.62. The van der Waals surface area contributed by atoms with Crippen LogP contribution in [0.1, 0.15) is 58.0 Å². The number of anilines is 1. The van der Waals surface area contributed by atoms with E-state index < -0.39 is 0 Å². The summed E-state index contributed by atoms with van der Waals surface area (Å²) < 4.78 is 5.62. The van der Waals surface area contributed by atoms with Crippen LogP contribution in [0.25, 0.3) is 0 Å². The number of morpholine rings is 1. The lowest BCUT2D eigenvalue weighted by Gasteiger charge is -2.42. The average molecular weight is 311 g/mol. The zero-order valence-corrected chi connectivity index (χ0v) is 15.0. The van der Waals surface area contributed by atoms with Gasteiger partial charge in [0.1, 0.15) is 0 Å². The molecule has 0 amide bonds. The van der Waals surface area contributed by atoms with Gasteiger partial charge in [-0.1, -0.05) is 27.7 Å². The number of nitrogens with zero attached hydrogens (tertiary/aromatic N) is 2. The highest BCUT2D eigenvalue weighted by Gasteiger charge is 2.33. The molecule has 0 saturated carbocycles. The first-order valence-corrected chi connectivity index (χ1v) is 8.71. The Hall–Kier alpha value is -0.650. The molecule has 1 aromatic rings. The van der Waals surface area contributed by atoms with E-state index in [2.05, 4.69) is 51.8 Å². The number of hydrogen-bond acceptors (Lipinski definition) is 5. The summed E-state index contributed by atoms with van der Waals surface area (Å²) in [5.41, 5.74) is 1.26. The summed E-state index contributed by atoms with van der Waals surface area (Å²) in [7, 11) is 0. The third-order valence-corrected chi connectivity index (χ3v) is 4.90. The molecule has 1 fully saturated rings. The molecule has 1 saturated heterocycles. The second-order valence-electron chi connectivity index (χ2n) is 7.01. The molecule has 0 radical (unpaired) electrons. The Morgan fingerprint density at radius 3 is 2.62 bits per heavy atom. The largest absolute Gasteiger partial charge is 0.377 e. The Morgan fingerprint density at radius 1 is 1.33 bits per heavy atom. The molecule has 0 aromatic carbocycles. The summed E-state index contributed by atoms with van der Waals surface area (Å²) in [5.74, 6) is 0.461. The standard InChI is InChI=1S/C16H29N3OS/c1-11(2)14-13(9-17-12(3)4)21-15(18-14)19-7-8-20-10-16(19,5)6/h11-12,17H,7-10H2,1-6H3. The lowest BCUT2D eigenvalue weighted by molar-refractivity contribution is 0.0643. The van der Waals surface area contributed by atoms with Crippen LogP contribution >= 0.6 is 11.3 Å². The first-order chi connectivity index (χ1) is 9.81. The zero-order valence-electron chi connectivity index (χ0n) is 14.2. The molecular formula is C16H29N3OS. The van der Waals surface area contributed by atoms with Crippen molar-refractivity contribution in [3.63, 3.8) is 0 Å². The van der Waals surface area contributed by atoms with Gasteiger partial charge in [0.05, 0.1) is 24.4 Å². The molecule has 4 nitrogen and oxygen atoms in total. The van der Waals surface area contributed by atoms with Crippen LogP contribution in [0.2, 0.25) is 0 Å². The van der Waals surface area contributed by atoms with E-state index in [0.717, 1.165) is 31.4 Å². The lowest BCUT2D eigenvalue weighted by atomic mass is 10.0. The van der Waals surface area contributed by atoms with Crippen LogP contribution in [0.15, 0.2) is 0 Å². The molecule has 1 aliphatic rings. The topological polar surface area (TPSA) is 37.4 Å². The van der Waals surface area contributed by atoms with Gasteiger partial charge in [0.25, 0.3) is 0 Å². The highest BCUT2D eigenvalue weighted by molar-refractivity contribution is 7.15. The van der Waals surface area contributed by atoms with Gasteiger partial charge < -0.3 is 15.0 Å². The van der Waals surface area contributed by atoms with Crippen molar-refractivity contribution >= 4 is 16.5 Å². The number of hydrogen-bond donors (Lipinski definition) is 1. The first kappa shape index (κ1) is 16.7. The van der Waals surface area contributed by atoms with Crippen LogP contribution in [-0.4, -0.2) is 36.3 Å². The second kappa shape index (κ2) is 6.63. The van der Waals surface area contributed by atoms with Gasteiger partial charge in [0.2, 0.25) is 0 Å². The second-order valence-corrected chi connectivity index (χ2v) is 8.07. The Labute approximate surface area is 132 Å². The van der Waals surface area contributed by atoms with Gasteiger partial charge in [-0.15, -0.1) is 11.3 Å². The minimum absolute atomic E-state index is 0.0209. The molecular weight excluding hydrogens is 282 g/mol. The molecule has 120 valence electrons. The van der Waals surface area contributed by atoms with Crippen molar-refractivity contribution in [3.8, 4) is 0 Å². The number of nitrogens with one attached hydrogen (secondary N) is 1. The predicted octanol–water partition coefficient (Wildman–Crippen LogP) is 3.38. The summed E-state index contributed by atoms with van der Waals surface area (Å²) in [6.07, 6.45) is 0. The monoisotopic (exact) mass is 311 g/mol. The third kappa shape index (κ3) is 3.96. The molecule has 0 spiro atoms. The fourth-order valence-corrected chi connectivity index (χ4v) is 3.91. The van der Waals surface area contributed by atoms with E-state index >= 15 is 0 Å². The summed E-state index contributed by atoms with van der Waals surface area (Å²) in [6, 6.07) is 0.496. The van der Waals surface area contributed by atoms with E-state index in [-0.39, 0.29) is 5.54 Å². The van der Waals surface area contributed by atoms with E-state index in [4.69, 9.17) is 9.72 Å². The number of thiazole rings is 1. The summed E-state index contributed by atoms with van der Waals surface area (Å²) in [5, 5.41) is 4.67. The van der Waals surface area contributed by atoms with Gasteiger partial charge in [-0.3, -0.25) is 0 Å². The molecule has 5 heteroatoms. The van der Waals surface area contributed by atoms with E-state index in [0.29, 0.717) is 12.0 Å². The molecule has 2 rings (SSSR count). The van der Waals surface area contributed by atoms with Crippen molar-refractivity contribution < 1.29 is 4.74 Å². The first-order valence-electron chi connectivity index (χ1n) is 7.89. The van der Waals surface area contributed by atoms with E-state index in [1.54, 1.807) is 0 Å². The minimum atomic E-state index is 0.0209. The Morgan fingerprint density at radius 2 is 2.05 bits per heavy atom. The summed E-state index contributed by atoms with van der Waals surface area (Å²) in [4.78, 5) is 8.74. The van der Waals surface area contributed by atoms with Gasteiger partial charge in [-0.2, -0.15) is 0 Å². The maximum Gasteiger partial charge on any atom is 0.186 e. The fourth-order valence-electron chi connectivity index (χ4n) is 2.55. The molecule has 1 aliphatic heterocycles. The lowest BCUT2D eigenvalue weighted by Crippen LogP contribution is -2.53. The number of aromatic nitrogens is 1. The normalized spacial score (nSPS) is 18.8. The van der Waals surface area contributed by atoms with Crippen molar-refractivity contribution in [2.75, 3.05) is 24.7 Å². The highest BCUT2D eigenvalue weighted by atomic mass is 32.1. The quantitative estimate of drug-likeness (QED) is 0.904. The van der Waals surface area contributed by atoms with Crippen LogP contribution in [-0.2, 0) is 11.3 Å². The highest BCUT2D eigenvalue weighted by Crippen LogP contribution is 2.35. The van der Waals surface area contributed by atoms with Crippen molar-refractivity contribution in [1.82, 2.24) is 10.3 Å². The molecule has 0 unspecified atom stereocenters. The molecule has 2 heterocycles. The van der Waals surface area contributed by atoms with Gasteiger partial charge in [0, 0.05) is 24.0 Å². The third-order valence-electron chi connectivity index (χ3n) is 3.81. The summed E-state index contributed by atoms with van der Waals surface area (Å²) in [6.45, 7) is 16.7. The Kier molecular flexibility index (Phi) is 5.28. The Balaban J connectivity index is 2.25. The van der Waals surface area contributed by atoms with E-state index in [1.807, 2.05) is 11.3 Å². The molecule has 1 aromatic heterocycles.